The van der Waals surface area contributed by atoms with E-state index < -0.39 is 0 Å². The van der Waals surface area contributed by atoms with Gasteiger partial charge in [0.25, 0.3) is 0 Å². The SMILES string of the molecule is COc1ccc(C(CCCO)N(C)C)cc1OC. The van der Waals surface area contributed by atoms with Crippen LogP contribution in [-0.4, -0.2) is 44.9 Å². The molecule has 1 N–H and O–H groups in total. The number of methoxy groups -OCH3 is 2. The third-order valence-corrected chi connectivity index (χ3v) is 3.05. The molecule has 1 unspecified atom stereocenters. The Balaban J connectivity index is 2.97. The Labute approximate surface area is 109 Å². The Morgan fingerprint density at radius 2 is 1.83 bits per heavy atom. The van der Waals surface area contributed by atoms with Gasteiger partial charge >= 0.3 is 0 Å². The highest BCUT2D eigenvalue weighted by atomic mass is 16.5. The summed E-state index contributed by atoms with van der Waals surface area (Å²) in [6.07, 6.45) is 1.70. The third kappa shape index (κ3) is 3.62. The van der Waals surface area contributed by atoms with E-state index in [0.29, 0.717) is 0 Å². The maximum absolute atomic E-state index is 8.96. The maximum Gasteiger partial charge on any atom is 0.161 e. The van der Waals surface area contributed by atoms with Crippen LogP contribution in [0.1, 0.15) is 24.4 Å². The van der Waals surface area contributed by atoms with E-state index in [0.717, 1.165) is 24.3 Å². The van der Waals surface area contributed by atoms with Gasteiger partial charge in [0.15, 0.2) is 11.5 Å². The molecular weight excluding hydrogens is 230 g/mol. The lowest BCUT2D eigenvalue weighted by Gasteiger charge is -2.25. The molecule has 0 bridgehead atoms. The molecule has 0 radical (unpaired) electrons. The molecule has 0 aliphatic carbocycles. The number of benzene rings is 1. The van der Waals surface area contributed by atoms with Crippen molar-refractivity contribution in [3.63, 3.8) is 0 Å². The van der Waals surface area contributed by atoms with Crippen LogP contribution in [0.25, 0.3) is 0 Å². The fourth-order valence-electron chi connectivity index (χ4n) is 2.07. The molecular formula is C14H23NO3. The number of rotatable bonds is 7. The first-order valence-corrected chi connectivity index (χ1v) is 6.13. The smallest absolute Gasteiger partial charge is 0.161 e. The molecule has 18 heavy (non-hydrogen) atoms. The number of ether oxygens (including phenoxy) is 2. The summed E-state index contributed by atoms with van der Waals surface area (Å²) in [5.74, 6) is 1.48. The summed E-state index contributed by atoms with van der Waals surface area (Å²) in [4.78, 5) is 2.15. The second-order valence-electron chi connectivity index (χ2n) is 4.46. The van der Waals surface area contributed by atoms with Gasteiger partial charge < -0.3 is 19.5 Å². The zero-order valence-electron chi connectivity index (χ0n) is 11.6. The van der Waals surface area contributed by atoms with E-state index in [1.165, 1.54) is 5.56 Å². The largest absolute Gasteiger partial charge is 0.493 e. The first-order valence-electron chi connectivity index (χ1n) is 6.13. The fraction of sp³-hybridized carbons (Fsp3) is 0.571. The minimum atomic E-state index is 0.220. The normalized spacial score (nSPS) is 12.6. The highest BCUT2D eigenvalue weighted by Gasteiger charge is 2.16. The van der Waals surface area contributed by atoms with Crippen molar-refractivity contribution in [2.75, 3.05) is 34.9 Å². The minimum Gasteiger partial charge on any atom is -0.493 e. The van der Waals surface area contributed by atoms with Crippen molar-refractivity contribution < 1.29 is 14.6 Å². The van der Waals surface area contributed by atoms with Crippen molar-refractivity contribution in [2.24, 2.45) is 0 Å². The van der Waals surface area contributed by atoms with Gasteiger partial charge in [-0.15, -0.1) is 0 Å². The van der Waals surface area contributed by atoms with Gasteiger partial charge in [0.2, 0.25) is 0 Å². The van der Waals surface area contributed by atoms with Gasteiger partial charge in [-0.1, -0.05) is 6.07 Å². The van der Waals surface area contributed by atoms with Gasteiger partial charge in [0.1, 0.15) is 0 Å². The van der Waals surface area contributed by atoms with E-state index in [1.54, 1.807) is 14.2 Å². The summed E-state index contributed by atoms with van der Waals surface area (Å²) in [6, 6.07) is 6.24. The van der Waals surface area contributed by atoms with Crippen molar-refractivity contribution in [1.82, 2.24) is 4.90 Å². The summed E-state index contributed by atoms with van der Waals surface area (Å²) in [7, 11) is 7.35. The van der Waals surface area contributed by atoms with Gasteiger partial charge in [-0.3, -0.25) is 0 Å². The van der Waals surface area contributed by atoms with Crippen LogP contribution in [0.5, 0.6) is 11.5 Å². The van der Waals surface area contributed by atoms with Gasteiger partial charge in [0.05, 0.1) is 14.2 Å². The Morgan fingerprint density at radius 1 is 1.17 bits per heavy atom. The lowest BCUT2D eigenvalue weighted by molar-refractivity contribution is 0.235. The zero-order chi connectivity index (χ0) is 13.5. The predicted molar refractivity (Wildman–Crippen MR) is 72.3 cm³/mol. The summed E-state index contributed by atoms with van der Waals surface area (Å²) < 4.78 is 10.6. The first-order chi connectivity index (χ1) is 8.63. The summed E-state index contributed by atoms with van der Waals surface area (Å²) >= 11 is 0. The number of nitrogens with zero attached hydrogens (tertiary/aromatic N) is 1. The Morgan fingerprint density at radius 3 is 2.33 bits per heavy atom. The van der Waals surface area contributed by atoms with E-state index in [-0.39, 0.29) is 12.6 Å². The topological polar surface area (TPSA) is 41.9 Å². The first kappa shape index (κ1) is 14.8. The highest BCUT2D eigenvalue weighted by molar-refractivity contribution is 5.43. The maximum atomic E-state index is 8.96. The predicted octanol–water partition coefficient (Wildman–Crippen LogP) is 2.08. The second-order valence-corrected chi connectivity index (χ2v) is 4.46. The van der Waals surface area contributed by atoms with Crippen molar-refractivity contribution >= 4 is 0 Å². The van der Waals surface area contributed by atoms with Gasteiger partial charge in [-0.05, 0) is 44.6 Å². The molecule has 1 atom stereocenters. The quantitative estimate of drug-likeness (QED) is 0.808. The van der Waals surface area contributed by atoms with E-state index >= 15 is 0 Å². The van der Waals surface area contributed by atoms with Crippen LogP contribution in [0.3, 0.4) is 0 Å². The molecule has 0 heterocycles. The van der Waals surface area contributed by atoms with Gasteiger partial charge in [-0.2, -0.15) is 0 Å². The average molecular weight is 253 g/mol. The summed E-state index contributed by atoms with van der Waals surface area (Å²) in [5, 5.41) is 8.96. The molecule has 0 fully saturated rings. The third-order valence-electron chi connectivity index (χ3n) is 3.05. The molecule has 0 amide bonds. The fourth-order valence-corrected chi connectivity index (χ4v) is 2.07. The van der Waals surface area contributed by atoms with E-state index in [4.69, 9.17) is 14.6 Å². The molecule has 0 aliphatic heterocycles. The summed E-state index contributed by atoms with van der Waals surface area (Å²) in [6.45, 7) is 0.220. The molecule has 1 aromatic carbocycles. The lowest BCUT2D eigenvalue weighted by atomic mass is 10.0. The van der Waals surface area contributed by atoms with E-state index in [9.17, 15) is 0 Å². The minimum absolute atomic E-state index is 0.220. The van der Waals surface area contributed by atoms with Crippen LogP contribution < -0.4 is 9.47 Å². The highest BCUT2D eigenvalue weighted by Crippen LogP contribution is 2.32. The van der Waals surface area contributed by atoms with Crippen LogP contribution in [0.2, 0.25) is 0 Å². The molecule has 0 saturated heterocycles. The molecule has 4 heteroatoms. The Hall–Kier alpha value is -1.26. The molecule has 0 spiro atoms. The molecule has 0 aromatic heterocycles. The second kappa shape index (κ2) is 7.24. The van der Waals surface area contributed by atoms with Gasteiger partial charge in [0, 0.05) is 12.6 Å². The lowest BCUT2D eigenvalue weighted by Crippen LogP contribution is -2.20. The average Bonchev–Trinajstić information content (AvgIpc) is 2.38. The van der Waals surface area contributed by atoms with Crippen molar-refractivity contribution in [2.45, 2.75) is 18.9 Å². The molecule has 0 aliphatic rings. The van der Waals surface area contributed by atoms with Crippen molar-refractivity contribution in [1.29, 1.82) is 0 Å². The molecule has 0 saturated carbocycles. The van der Waals surface area contributed by atoms with Crippen LogP contribution in [0.15, 0.2) is 18.2 Å². The van der Waals surface area contributed by atoms with Crippen LogP contribution in [0, 0.1) is 0 Å². The number of hydrogen-bond donors (Lipinski definition) is 1. The standard InChI is InChI=1S/C14H23NO3/c1-15(2)12(6-5-9-16)11-7-8-13(17-3)14(10-11)18-4/h7-8,10,12,16H,5-6,9H2,1-4H3. The van der Waals surface area contributed by atoms with Gasteiger partial charge in [-0.25, -0.2) is 0 Å². The Kier molecular flexibility index (Phi) is 5.95. The number of hydrogen-bond acceptors (Lipinski definition) is 4. The number of aliphatic hydroxyl groups is 1. The molecule has 1 rings (SSSR count). The van der Waals surface area contributed by atoms with Crippen LogP contribution in [-0.2, 0) is 0 Å². The monoisotopic (exact) mass is 253 g/mol. The summed E-state index contributed by atoms with van der Waals surface area (Å²) in [5.41, 5.74) is 1.17. The molecule has 4 nitrogen and oxygen atoms in total. The molecule has 102 valence electrons. The van der Waals surface area contributed by atoms with E-state index in [2.05, 4.69) is 4.90 Å². The zero-order valence-corrected chi connectivity index (χ0v) is 11.6. The molecule has 1 aromatic rings. The van der Waals surface area contributed by atoms with Crippen molar-refractivity contribution in [3.8, 4) is 11.5 Å². The van der Waals surface area contributed by atoms with Crippen LogP contribution >= 0.6 is 0 Å². The van der Waals surface area contributed by atoms with Crippen molar-refractivity contribution in [3.05, 3.63) is 23.8 Å². The Bertz CT molecular complexity index is 366. The number of aliphatic hydroxyl groups excluding tert-OH is 1. The van der Waals surface area contributed by atoms with E-state index in [1.807, 2.05) is 32.3 Å². The van der Waals surface area contributed by atoms with Crippen LogP contribution in [0.4, 0.5) is 0 Å².